The molecule has 1 aliphatic carbocycles. The normalized spacial score (nSPS) is 21.7. The van der Waals surface area contributed by atoms with Crippen molar-refractivity contribution >= 4 is 28.3 Å². The number of anilines is 1. The highest BCUT2D eigenvalue weighted by Crippen LogP contribution is 2.30. The van der Waals surface area contributed by atoms with Gasteiger partial charge in [0.2, 0.25) is 11.8 Å². The van der Waals surface area contributed by atoms with Crippen LogP contribution in [0.5, 0.6) is 0 Å². The Balaban J connectivity index is 1.47. The van der Waals surface area contributed by atoms with E-state index < -0.39 is 0 Å². The van der Waals surface area contributed by atoms with E-state index in [4.69, 9.17) is 0 Å². The molecule has 2 fully saturated rings. The summed E-state index contributed by atoms with van der Waals surface area (Å²) in [6, 6.07) is 14.3. The molecule has 1 atom stereocenters. The van der Waals surface area contributed by atoms with Crippen molar-refractivity contribution in [3.63, 3.8) is 0 Å². The average Bonchev–Trinajstić information content (AvgIpc) is 3.05. The molecule has 1 aliphatic heterocycles. The van der Waals surface area contributed by atoms with Gasteiger partial charge in [0.15, 0.2) is 0 Å². The smallest absolute Gasteiger partial charge is 0.229 e. The maximum atomic E-state index is 12.7. The van der Waals surface area contributed by atoms with Crippen molar-refractivity contribution in [3.05, 3.63) is 42.5 Å². The van der Waals surface area contributed by atoms with Gasteiger partial charge in [-0.05, 0) is 24.3 Å². The van der Waals surface area contributed by atoms with Crippen molar-refractivity contribution in [3.8, 4) is 0 Å². The van der Waals surface area contributed by atoms with Gasteiger partial charge in [0, 0.05) is 30.1 Å². The van der Waals surface area contributed by atoms with Crippen molar-refractivity contribution in [2.75, 3.05) is 11.9 Å². The van der Waals surface area contributed by atoms with Crippen LogP contribution in [0, 0.1) is 5.92 Å². The minimum Gasteiger partial charge on any atom is -0.339 e. The van der Waals surface area contributed by atoms with Gasteiger partial charge in [-0.3, -0.25) is 9.59 Å². The zero-order valence-electron chi connectivity index (χ0n) is 14.4. The summed E-state index contributed by atoms with van der Waals surface area (Å²) in [5.41, 5.74) is 0.826. The van der Waals surface area contributed by atoms with E-state index in [1.807, 2.05) is 47.4 Å². The maximum Gasteiger partial charge on any atom is 0.229 e. The second-order valence-corrected chi connectivity index (χ2v) is 7.25. The van der Waals surface area contributed by atoms with Crippen molar-refractivity contribution in [1.82, 2.24) is 4.90 Å². The van der Waals surface area contributed by atoms with E-state index in [-0.39, 0.29) is 17.7 Å². The topological polar surface area (TPSA) is 49.4 Å². The Morgan fingerprint density at radius 1 is 1.00 bits per heavy atom. The molecular weight excluding hydrogens is 312 g/mol. The predicted molar refractivity (Wildman–Crippen MR) is 99.3 cm³/mol. The third kappa shape index (κ3) is 3.26. The van der Waals surface area contributed by atoms with Crippen molar-refractivity contribution < 1.29 is 9.59 Å². The van der Waals surface area contributed by atoms with Gasteiger partial charge in [0.25, 0.3) is 0 Å². The van der Waals surface area contributed by atoms with Crippen LogP contribution in [0.25, 0.3) is 10.8 Å². The van der Waals surface area contributed by atoms with E-state index >= 15 is 0 Å². The summed E-state index contributed by atoms with van der Waals surface area (Å²) in [5, 5.41) is 5.19. The molecule has 25 heavy (non-hydrogen) atoms. The highest BCUT2D eigenvalue weighted by atomic mass is 16.2. The van der Waals surface area contributed by atoms with Crippen LogP contribution >= 0.6 is 0 Å². The first-order chi connectivity index (χ1) is 12.2. The van der Waals surface area contributed by atoms with Gasteiger partial charge in [-0.25, -0.2) is 0 Å². The first kappa shape index (κ1) is 16.1. The van der Waals surface area contributed by atoms with E-state index in [0.29, 0.717) is 19.0 Å². The minimum atomic E-state index is -0.242. The number of carbonyl (C=O) groups excluding carboxylic acids is 2. The van der Waals surface area contributed by atoms with E-state index in [1.54, 1.807) is 0 Å². The van der Waals surface area contributed by atoms with E-state index in [0.717, 1.165) is 29.3 Å². The fourth-order valence-corrected chi connectivity index (χ4v) is 4.22. The fourth-order valence-electron chi connectivity index (χ4n) is 4.22. The Bertz CT molecular complexity index is 790. The summed E-state index contributed by atoms with van der Waals surface area (Å²) in [4.78, 5) is 27.1. The molecule has 0 bridgehead atoms. The highest BCUT2D eigenvalue weighted by molar-refractivity contribution is 6.04. The molecule has 4 nitrogen and oxygen atoms in total. The average molecular weight is 336 g/mol. The monoisotopic (exact) mass is 336 g/mol. The fraction of sp³-hybridized carbons (Fsp3) is 0.429. The number of amides is 2. The number of carbonyl (C=O) groups is 2. The van der Waals surface area contributed by atoms with E-state index in [1.165, 1.54) is 19.3 Å². The molecule has 0 radical (unpaired) electrons. The number of nitrogens with zero attached hydrogens (tertiary/aromatic N) is 1. The van der Waals surface area contributed by atoms with Crippen molar-refractivity contribution in [2.45, 2.75) is 44.6 Å². The Kier molecular flexibility index (Phi) is 4.43. The van der Waals surface area contributed by atoms with E-state index in [9.17, 15) is 9.59 Å². The molecule has 2 aromatic rings. The second kappa shape index (κ2) is 6.87. The number of hydrogen-bond donors (Lipinski definition) is 1. The second-order valence-electron chi connectivity index (χ2n) is 7.25. The SMILES string of the molecule is O=C(Nc1cccc2ccccc12)[C@@H]1CC(=O)N(C2CCCCC2)C1. The zero-order valence-corrected chi connectivity index (χ0v) is 14.4. The summed E-state index contributed by atoms with van der Waals surface area (Å²) in [6.45, 7) is 0.570. The molecule has 4 rings (SSSR count). The molecule has 4 heteroatoms. The number of benzene rings is 2. The number of nitrogens with one attached hydrogen (secondary N) is 1. The van der Waals surface area contributed by atoms with Crippen LogP contribution in [0.1, 0.15) is 38.5 Å². The Labute approximate surface area is 148 Å². The standard InChI is InChI=1S/C21H24N2O2/c24-20-13-16(14-23(20)17-9-2-1-3-10-17)21(25)22-19-12-6-8-15-7-4-5-11-18(15)19/h4-8,11-12,16-17H,1-3,9-10,13-14H2,(H,22,25)/t16-/m1/s1. The van der Waals surface area contributed by atoms with Gasteiger partial charge < -0.3 is 10.2 Å². The van der Waals surface area contributed by atoms with Crippen LogP contribution in [0.15, 0.2) is 42.5 Å². The van der Waals surface area contributed by atoms with Crippen molar-refractivity contribution in [2.24, 2.45) is 5.92 Å². The summed E-state index contributed by atoms with van der Waals surface area (Å²) >= 11 is 0. The summed E-state index contributed by atoms with van der Waals surface area (Å²) in [6.07, 6.45) is 6.17. The Morgan fingerprint density at radius 2 is 1.76 bits per heavy atom. The zero-order chi connectivity index (χ0) is 17.2. The molecule has 2 aliphatic rings. The molecule has 2 aromatic carbocycles. The van der Waals surface area contributed by atoms with Crippen LogP contribution in [0.3, 0.4) is 0 Å². The lowest BCUT2D eigenvalue weighted by Gasteiger charge is -2.31. The number of fused-ring (bicyclic) bond motifs is 1. The first-order valence-electron chi connectivity index (χ1n) is 9.30. The van der Waals surface area contributed by atoms with Crippen LogP contribution in [0.4, 0.5) is 5.69 Å². The van der Waals surface area contributed by atoms with Gasteiger partial charge in [-0.1, -0.05) is 55.7 Å². The minimum absolute atomic E-state index is 0.0389. The van der Waals surface area contributed by atoms with Gasteiger partial charge >= 0.3 is 0 Å². The van der Waals surface area contributed by atoms with Gasteiger partial charge in [-0.2, -0.15) is 0 Å². The van der Waals surface area contributed by atoms with Crippen molar-refractivity contribution in [1.29, 1.82) is 0 Å². The molecule has 1 saturated carbocycles. The lowest BCUT2D eigenvalue weighted by Crippen LogP contribution is -2.38. The maximum absolute atomic E-state index is 12.7. The number of rotatable bonds is 3. The molecule has 1 saturated heterocycles. The Morgan fingerprint density at radius 3 is 2.60 bits per heavy atom. The molecule has 130 valence electrons. The lowest BCUT2D eigenvalue weighted by molar-refractivity contribution is -0.130. The third-order valence-electron chi connectivity index (χ3n) is 5.59. The van der Waals surface area contributed by atoms with Gasteiger partial charge in [0.05, 0.1) is 5.92 Å². The Hall–Kier alpha value is -2.36. The molecule has 2 amide bonds. The summed E-state index contributed by atoms with van der Waals surface area (Å²) in [5.74, 6) is -0.138. The molecule has 1 heterocycles. The molecule has 0 aromatic heterocycles. The molecule has 1 N–H and O–H groups in total. The largest absolute Gasteiger partial charge is 0.339 e. The lowest BCUT2D eigenvalue weighted by atomic mass is 9.94. The summed E-state index contributed by atoms with van der Waals surface area (Å²) in [7, 11) is 0. The van der Waals surface area contributed by atoms with Gasteiger partial charge in [-0.15, -0.1) is 0 Å². The predicted octanol–water partition coefficient (Wildman–Crippen LogP) is 3.96. The highest BCUT2D eigenvalue weighted by Gasteiger charge is 2.38. The van der Waals surface area contributed by atoms with Gasteiger partial charge in [0.1, 0.15) is 0 Å². The molecule has 0 spiro atoms. The number of hydrogen-bond acceptors (Lipinski definition) is 2. The molecule has 0 unspecified atom stereocenters. The van der Waals surface area contributed by atoms with Crippen LogP contribution < -0.4 is 5.32 Å². The van der Waals surface area contributed by atoms with Crippen LogP contribution in [-0.2, 0) is 9.59 Å². The molecular formula is C21H24N2O2. The quantitative estimate of drug-likeness (QED) is 0.922. The van der Waals surface area contributed by atoms with E-state index in [2.05, 4.69) is 5.32 Å². The summed E-state index contributed by atoms with van der Waals surface area (Å²) < 4.78 is 0. The van der Waals surface area contributed by atoms with Crippen LogP contribution in [-0.4, -0.2) is 29.3 Å². The third-order valence-corrected chi connectivity index (χ3v) is 5.59. The first-order valence-corrected chi connectivity index (χ1v) is 9.30. The number of likely N-dealkylation sites (tertiary alicyclic amines) is 1. The van der Waals surface area contributed by atoms with Crippen LogP contribution in [0.2, 0.25) is 0 Å².